The van der Waals surface area contributed by atoms with E-state index in [0.717, 1.165) is 36.1 Å². The molecule has 0 spiro atoms. The van der Waals surface area contributed by atoms with Crippen molar-refractivity contribution in [2.45, 2.75) is 76.2 Å². The van der Waals surface area contributed by atoms with Gasteiger partial charge < -0.3 is 10.2 Å². The predicted molar refractivity (Wildman–Crippen MR) is 94.7 cm³/mol. The summed E-state index contributed by atoms with van der Waals surface area (Å²) in [6.07, 6.45) is 15.3. The first-order chi connectivity index (χ1) is 11.7. The van der Waals surface area contributed by atoms with Crippen LogP contribution in [0.25, 0.3) is 0 Å². The smallest absolute Gasteiger partial charge is 0.275 e. The Morgan fingerprint density at radius 2 is 1.54 bits per heavy atom. The lowest BCUT2D eigenvalue weighted by Gasteiger charge is -2.56. The minimum absolute atomic E-state index is 0.203. The molecule has 3 nitrogen and oxygen atoms in total. The highest BCUT2D eigenvalue weighted by Gasteiger charge is 2.51. The second kappa shape index (κ2) is 6.00. The Morgan fingerprint density at radius 1 is 0.917 bits per heavy atom. The van der Waals surface area contributed by atoms with E-state index < -0.39 is 0 Å². The minimum Gasteiger partial charge on any atom is -0.346 e. The van der Waals surface area contributed by atoms with Gasteiger partial charge in [-0.05, 0) is 81.5 Å². The van der Waals surface area contributed by atoms with Crippen LogP contribution in [0, 0.1) is 29.6 Å². The van der Waals surface area contributed by atoms with Gasteiger partial charge in [-0.2, -0.15) is 0 Å². The first-order valence-corrected chi connectivity index (χ1v) is 10.8. The quantitative estimate of drug-likeness (QED) is 0.816. The number of rotatable bonds is 3. The van der Waals surface area contributed by atoms with Crippen molar-refractivity contribution in [3.05, 3.63) is 0 Å². The molecular formula is C21H35N2O+. The maximum atomic E-state index is 12.8. The lowest BCUT2D eigenvalue weighted by Crippen LogP contribution is -3.15. The van der Waals surface area contributed by atoms with Crippen molar-refractivity contribution in [2.75, 3.05) is 19.6 Å². The van der Waals surface area contributed by atoms with E-state index in [1.807, 2.05) is 0 Å². The summed E-state index contributed by atoms with van der Waals surface area (Å²) in [4.78, 5) is 14.4. The van der Waals surface area contributed by atoms with Crippen LogP contribution >= 0.6 is 0 Å². The van der Waals surface area contributed by atoms with E-state index in [0.29, 0.717) is 5.91 Å². The van der Waals surface area contributed by atoms with Crippen LogP contribution < -0.4 is 10.2 Å². The zero-order valence-electron chi connectivity index (χ0n) is 15.2. The van der Waals surface area contributed by atoms with E-state index in [1.165, 1.54) is 83.7 Å². The van der Waals surface area contributed by atoms with Crippen LogP contribution in [0.5, 0.6) is 0 Å². The number of amides is 1. The Bertz CT molecular complexity index is 467. The van der Waals surface area contributed by atoms with E-state index in [1.54, 1.807) is 4.90 Å². The molecular weight excluding hydrogens is 296 g/mol. The number of nitrogens with one attached hydrogen (secondary N) is 2. The van der Waals surface area contributed by atoms with Gasteiger partial charge >= 0.3 is 0 Å². The second-order valence-electron chi connectivity index (χ2n) is 10.2. The standard InChI is InChI=1S/C21H34N2O/c24-20(14-23-6-5-18-3-1-2-4-19(18)13-23)22-21-10-15-7-16(11-21)9-17(8-15)12-21/h15-19H,1-14H2,(H,22,24)/p+1/t15?,16?,17?,18-,19+,21?/m0/s1. The van der Waals surface area contributed by atoms with Gasteiger partial charge in [-0.15, -0.1) is 0 Å². The van der Waals surface area contributed by atoms with Gasteiger partial charge in [0.15, 0.2) is 6.54 Å². The number of fused-ring (bicyclic) bond motifs is 1. The van der Waals surface area contributed by atoms with E-state index >= 15 is 0 Å². The SMILES string of the molecule is O=C(C[NH+]1CC[C@@H]2CCCC[C@@H]2C1)NC12CC3CC(CC(C3)C1)C2. The summed E-state index contributed by atoms with van der Waals surface area (Å²) < 4.78 is 0. The number of carbonyl (C=O) groups is 1. The van der Waals surface area contributed by atoms with E-state index in [4.69, 9.17) is 0 Å². The molecule has 4 bridgehead atoms. The zero-order chi connectivity index (χ0) is 16.1. The number of hydrogen-bond donors (Lipinski definition) is 2. The van der Waals surface area contributed by atoms with E-state index in [2.05, 4.69) is 5.32 Å². The highest BCUT2D eigenvalue weighted by atomic mass is 16.2. The van der Waals surface area contributed by atoms with Crippen molar-refractivity contribution in [3.63, 3.8) is 0 Å². The lowest BCUT2D eigenvalue weighted by molar-refractivity contribution is -0.902. The van der Waals surface area contributed by atoms with Crippen molar-refractivity contribution in [3.8, 4) is 0 Å². The topological polar surface area (TPSA) is 33.5 Å². The van der Waals surface area contributed by atoms with Crippen LogP contribution in [0.15, 0.2) is 0 Å². The Labute approximate surface area is 146 Å². The Hall–Kier alpha value is -0.570. The molecule has 3 atom stereocenters. The van der Waals surface area contributed by atoms with Gasteiger partial charge in [0, 0.05) is 11.5 Å². The second-order valence-corrected chi connectivity index (χ2v) is 10.2. The fourth-order valence-corrected chi connectivity index (χ4v) is 7.79. The highest BCUT2D eigenvalue weighted by molar-refractivity contribution is 5.77. The van der Waals surface area contributed by atoms with E-state index in [-0.39, 0.29) is 5.54 Å². The molecule has 24 heavy (non-hydrogen) atoms. The fourth-order valence-electron chi connectivity index (χ4n) is 7.79. The largest absolute Gasteiger partial charge is 0.346 e. The maximum absolute atomic E-state index is 12.8. The van der Waals surface area contributed by atoms with Gasteiger partial charge in [-0.1, -0.05) is 12.8 Å². The van der Waals surface area contributed by atoms with Gasteiger partial charge in [-0.25, -0.2) is 0 Å². The molecule has 1 aliphatic heterocycles. The molecule has 3 heteroatoms. The van der Waals surface area contributed by atoms with E-state index in [9.17, 15) is 4.79 Å². The number of hydrogen-bond acceptors (Lipinski definition) is 1. The molecule has 0 radical (unpaired) electrons. The molecule has 0 aromatic carbocycles. The molecule has 5 saturated carbocycles. The number of quaternary nitrogens is 1. The van der Waals surface area contributed by atoms with Crippen molar-refractivity contribution in [1.29, 1.82) is 0 Å². The summed E-state index contributed by atoms with van der Waals surface area (Å²) in [6, 6.07) is 0. The molecule has 134 valence electrons. The van der Waals surface area contributed by atoms with Crippen LogP contribution in [-0.2, 0) is 4.79 Å². The number of carbonyl (C=O) groups excluding carboxylic acids is 1. The maximum Gasteiger partial charge on any atom is 0.275 e. The molecule has 6 fully saturated rings. The van der Waals surface area contributed by atoms with Crippen LogP contribution in [0.4, 0.5) is 0 Å². The van der Waals surface area contributed by atoms with Crippen LogP contribution in [0.1, 0.15) is 70.6 Å². The first-order valence-electron chi connectivity index (χ1n) is 10.8. The number of likely N-dealkylation sites (tertiary alicyclic amines) is 1. The average molecular weight is 332 g/mol. The third-order valence-corrected chi connectivity index (χ3v) is 8.34. The molecule has 1 saturated heterocycles. The van der Waals surface area contributed by atoms with Gasteiger partial charge in [0.2, 0.25) is 0 Å². The summed E-state index contributed by atoms with van der Waals surface area (Å²) in [6.45, 7) is 3.24. The van der Waals surface area contributed by atoms with Gasteiger partial charge in [0.25, 0.3) is 5.91 Å². The summed E-state index contributed by atoms with van der Waals surface area (Å²) in [5, 5.41) is 3.58. The molecule has 6 rings (SSSR count). The molecule has 0 aromatic rings. The fraction of sp³-hybridized carbons (Fsp3) is 0.952. The van der Waals surface area contributed by atoms with Crippen LogP contribution in [-0.4, -0.2) is 31.1 Å². The molecule has 6 aliphatic rings. The Morgan fingerprint density at radius 3 is 2.21 bits per heavy atom. The summed E-state index contributed by atoms with van der Waals surface area (Å²) in [7, 11) is 0. The molecule has 2 N–H and O–H groups in total. The predicted octanol–water partition coefficient (Wildman–Crippen LogP) is 2.17. The molecule has 1 heterocycles. The van der Waals surface area contributed by atoms with Crippen molar-refractivity contribution < 1.29 is 9.69 Å². The van der Waals surface area contributed by atoms with Gasteiger partial charge in [0.05, 0.1) is 13.1 Å². The third-order valence-electron chi connectivity index (χ3n) is 8.34. The molecule has 1 amide bonds. The van der Waals surface area contributed by atoms with Crippen LogP contribution in [0.2, 0.25) is 0 Å². The summed E-state index contributed by atoms with van der Waals surface area (Å²) in [5.41, 5.74) is 0.203. The van der Waals surface area contributed by atoms with Gasteiger partial charge in [-0.3, -0.25) is 4.79 Å². The number of piperidine rings is 1. The minimum atomic E-state index is 0.203. The summed E-state index contributed by atoms with van der Waals surface area (Å²) >= 11 is 0. The van der Waals surface area contributed by atoms with Crippen LogP contribution in [0.3, 0.4) is 0 Å². The molecule has 5 aliphatic carbocycles. The normalized spacial score (nSPS) is 49.7. The third kappa shape index (κ3) is 2.91. The lowest BCUT2D eigenvalue weighted by atomic mass is 9.53. The van der Waals surface area contributed by atoms with Crippen molar-refractivity contribution in [1.82, 2.24) is 5.32 Å². The van der Waals surface area contributed by atoms with Crippen molar-refractivity contribution >= 4 is 5.91 Å². The van der Waals surface area contributed by atoms with Crippen molar-refractivity contribution in [2.24, 2.45) is 29.6 Å². The Balaban J connectivity index is 1.18. The van der Waals surface area contributed by atoms with Gasteiger partial charge in [0.1, 0.15) is 0 Å². The molecule has 0 aromatic heterocycles. The summed E-state index contributed by atoms with van der Waals surface area (Å²) in [5.74, 6) is 5.01. The first kappa shape index (κ1) is 15.7. The zero-order valence-corrected chi connectivity index (χ0v) is 15.2. The molecule has 1 unspecified atom stereocenters. The highest BCUT2D eigenvalue weighted by Crippen LogP contribution is 2.55. The average Bonchev–Trinajstić information content (AvgIpc) is 2.52. The Kier molecular flexibility index (Phi) is 3.92. The monoisotopic (exact) mass is 331 g/mol.